The molecule has 4 unspecified atom stereocenters. The highest BCUT2D eigenvalue weighted by molar-refractivity contribution is 5.78. The number of hydrogen-bond acceptors (Lipinski definition) is 4. The van der Waals surface area contributed by atoms with Gasteiger partial charge in [0.15, 0.2) is 0 Å². The van der Waals surface area contributed by atoms with Gasteiger partial charge in [0.05, 0.1) is 12.2 Å². The molecule has 0 spiro atoms. The Morgan fingerprint density at radius 1 is 0.870 bits per heavy atom. The highest BCUT2D eigenvalue weighted by atomic mass is 16.4. The highest BCUT2D eigenvalue weighted by Crippen LogP contribution is 2.38. The van der Waals surface area contributed by atoms with E-state index >= 15 is 0 Å². The maximum absolute atomic E-state index is 12.0. The first-order valence-electron chi connectivity index (χ1n) is 9.05. The van der Waals surface area contributed by atoms with Gasteiger partial charge in [-0.1, -0.05) is 32.6 Å². The van der Waals surface area contributed by atoms with Gasteiger partial charge in [-0.2, -0.15) is 0 Å². The molecule has 1 aliphatic rings. The van der Waals surface area contributed by atoms with Crippen LogP contribution in [0, 0.1) is 11.8 Å². The predicted molar refractivity (Wildman–Crippen MR) is 88.1 cm³/mol. The van der Waals surface area contributed by atoms with Crippen LogP contribution in [0.1, 0.15) is 77.6 Å². The van der Waals surface area contributed by atoms with Crippen LogP contribution in [0.5, 0.6) is 0 Å². The number of carbonyl (C=O) groups is 2. The Kier molecular flexibility index (Phi) is 9.41. The Bertz CT molecular complexity index is 368. The molecule has 3 N–H and O–H groups in total. The van der Waals surface area contributed by atoms with Gasteiger partial charge in [-0.15, -0.1) is 0 Å². The van der Waals surface area contributed by atoms with Crippen LogP contribution in [0.3, 0.4) is 0 Å². The number of aliphatic carboxylic acids is 1. The molecule has 5 nitrogen and oxygen atoms in total. The van der Waals surface area contributed by atoms with Crippen LogP contribution in [0.2, 0.25) is 0 Å². The van der Waals surface area contributed by atoms with Crippen LogP contribution < -0.4 is 0 Å². The summed E-state index contributed by atoms with van der Waals surface area (Å²) in [5, 5.41) is 28.8. The molecule has 4 atom stereocenters. The number of carbonyl (C=O) groups excluding carboxylic acids is 1. The molecule has 0 saturated heterocycles. The van der Waals surface area contributed by atoms with Gasteiger partial charge in [0.2, 0.25) is 0 Å². The largest absolute Gasteiger partial charge is 0.481 e. The molecule has 0 amide bonds. The lowest BCUT2D eigenvalue weighted by atomic mass is 9.85. The van der Waals surface area contributed by atoms with Crippen molar-refractivity contribution in [2.75, 3.05) is 0 Å². The van der Waals surface area contributed by atoms with Crippen LogP contribution in [-0.4, -0.2) is 39.3 Å². The van der Waals surface area contributed by atoms with Gasteiger partial charge >= 0.3 is 5.97 Å². The van der Waals surface area contributed by atoms with E-state index in [4.69, 9.17) is 5.11 Å². The molecule has 1 saturated carbocycles. The highest BCUT2D eigenvalue weighted by Gasteiger charge is 2.41. The standard InChI is InChI=1S/C18H32O5/c1-2-3-4-5-6-7-13(19)8-9-14-15(10-11-18(22)23)17(21)12-16(14)20/h14-17,20-21H,2-12H2,1H3,(H,22,23). The number of unbranched alkanes of at least 4 members (excludes halogenated alkanes) is 4. The second-order valence-corrected chi connectivity index (χ2v) is 6.87. The summed E-state index contributed by atoms with van der Waals surface area (Å²) in [7, 11) is 0. The van der Waals surface area contributed by atoms with Gasteiger partial charge in [-0.25, -0.2) is 0 Å². The molecular weight excluding hydrogens is 296 g/mol. The summed E-state index contributed by atoms with van der Waals surface area (Å²) in [5.74, 6) is -1.04. The maximum atomic E-state index is 12.0. The van der Waals surface area contributed by atoms with Gasteiger partial charge in [-0.3, -0.25) is 9.59 Å². The lowest BCUT2D eigenvalue weighted by Gasteiger charge is -2.22. The van der Waals surface area contributed by atoms with Gasteiger partial charge in [0.25, 0.3) is 0 Å². The zero-order valence-electron chi connectivity index (χ0n) is 14.2. The number of aliphatic hydroxyl groups is 2. The minimum absolute atomic E-state index is 0.00365. The third-order valence-electron chi connectivity index (χ3n) is 5.03. The first-order valence-corrected chi connectivity index (χ1v) is 9.05. The molecule has 23 heavy (non-hydrogen) atoms. The zero-order chi connectivity index (χ0) is 17.2. The fourth-order valence-corrected chi connectivity index (χ4v) is 3.65. The molecule has 0 aliphatic heterocycles. The van der Waals surface area contributed by atoms with Crippen molar-refractivity contribution in [3.63, 3.8) is 0 Å². The minimum Gasteiger partial charge on any atom is -0.481 e. The SMILES string of the molecule is CCCCCCCC(=O)CCC1C(O)CC(O)C1CCC(=O)O. The number of Topliss-reactive ketones (excluding diaryl/α,β-unsaturated/α-hetero) is 1. The van der Waals surface area contributed by atoms with E-state index in [1.54, 1.807) is 0 Å². The Balaban J connectivity index is 2.32. The van der Waals surface area contributed by atoms with E-state index in [0.29, 0.717) is 32.1 Å². The van der Waals surface area contributed by atoms with E-state index in [1.165, 1.54) is 19.3 Å². The summed E-state index contributed by atoms with van der Waals surface area (Å²) >= 11 is 0. The Labute approximate surface area is 139 Å². The zero-order valence-corrected chi connectivity index (χ0v) is 14.2. The van der Waals surface area contributed by atoms with Crippen molar-refractivity contribution >= 4 is 11.8 Å². The van der Waals surface area contributed by atoms with Crippen LogP contribution in [0.4, 0.5) is 0 Å². The average molecular weight is 328 g/mol. The second-order valence-electron chi connectivity index (χ2n) is 6.87. The molecule has 5 heteroatoms. The number of ketones is 1. The fraction of sp³-hybridized carbons (Fsp3) is 0.889. The lowest BCUT2D eigenvalue weighted by molar-refractivity contribution is -0.137. The number of aliphatic hydroxyl groups excluding tert-OH is 2. The molecule has 0 aromatic rings. The topological polar surface area (TPSA) is 94.8 Å². The first kappa shape index (κ1) is 20.1. The average Bonchev–Trinajstić information content (AvgIpc) is 2.76. The number of rotatable bonds is 12. The van der Waals surface area contributed by atoms with Gasteiger partial charge in [0, 0.05) is 19.3 Å². The smallest absolute Gasteiger partial charge is 0.303 e. The first-order chi connectivity index (χ1) is 11.0. The van der Waals surface area contributed by atoms with Gasteiger partial charge in [0.1, 0.15) is 5.78 Å². The van der Waals surface area contributed by atoms with Crippen molar-refractivity contribution in [2.24, 2.45) is 11.8 Å². The van der Waals surface area contributed by atoms with E-state index in [2.05, 4.69) is 6.92 Å². The third kappa shape index (κ3) is 7.44. The number of carboxylic acids is 1. The van der Waals surface area contributed by atoms with Crippen molar-refractivity contribution in [1.82, 2.24) is 0 Å². The van der Waals surface area contributed by atoms with E-state index in [0.717, 1.165) is 12.8 Å². The van der Waals surface area contributed by atoms with Crippen LogP contribution >= 0.6 is 0 Å². The van der Waals surface area contributed by atoms with Gasteiger partial charge < -0.3 is 15.3 Å². The minimum atomic E-state index is -0.888. The third-order valence-corrected chi connectivity index (χ3v) is 5.03. The lowest BCUT2D eigenvalue weighted by Crippen LogP contribution is -2.24. The second kappa shape index (κ2) is 10.8. The molecule has 0 radical (unpaired) electrons. The van der Waals surface area contributed by atoms with Crippen molar-refractivity contribution in [3.05, 3.63) is 0 Å². The van der Waals surface area contributed by atoms with Crippen molar-refractivity contribution in [1.29, 1.82) is 0 Å². The van der Waals surface area contributed by atoms with Gasteiger partial charge in [-0.05, 0) is 37.5 Å². The van der Waals surface area contributed by atoms with E-state index in [9.17, 15) is 19.8 Å². The fourth-order valence-electron chi connectivity index (χ4n) is 3.65. The monoisotopic (exact) mass is 328 g/mol. The normalized spacial score (nSPS) is 27.3. The summed E-state index contributed by atoms with van der Waals surface area (Å²) in [5.41, 5.74) is 0. The summed E-state index contributed by atoms with van der Waals surface area (Å²) in [6.45, 7) is 2.16. The number of hydrogen-bond donors (Lipinski definition) is 3. The molecular formula is C18H32O5. The Hall–Kier alpha value is -0.940. The molecule has 1 fully saturated rings. The van der Waals surface area contributed by atoms with Crippen LogP contribution in [0.15, 0.2) is 0 Å². The maximum Gasteiger partial charge on any atom is 0.303 e. The summed E-state index contributed by atoms with van der Waals surface area (Å²) in [6, 6.07) is 0. The Morgan fingerprint density at radius 3 is 2.00 bits per heavy atom. The summed E-state index contributed by atoms with van der Waals surface area (Å²) in [4.78, 5) is 22.7. The van der Waals surface area contributed by atoms with Crippen molar-refractivity contribution < 1.29 is 24.9 Å². The van der Waals surface area contributed by atoms with Crippen LogP contribution in [-0.2, 0) is 9.59 Å². The molecule has 0 aromatic heterocycles. The summed E-state index contributed by atoms with van der Waals surface area (Å²) in [6.07, 6.45) is 6.53. The molecule has 1 aliphatic carbocycles. The molecule has 1 rings (SSSR count). The number of carboxylic acid groups (broad SMARTS) is 1. The van der Waals surface area contributed by atoms with Crippen molar-refractivity contribution in [3.8, 4) is 0 Å². The van der Waals surface area contributed by atoms with E-state index in [-0.39, 0.29) is 24.0 Å². The predicted octanol–water partition coefficient (Wildman–Crippen LogP) is 2.92. The molecule has 0 bridgehead atoms. The molecule has 0 aromatic carbocycles. The van der Waals surface area contributed by atoms with Crippen molar-refractivity contribution in [2.45, 2.75) is 89.8 Å². The van der Waals surface area contributed by atoms with E-state index in [1.807, 2.05) is 0 Å². The Morgan fingerprint density at radius 2 is 1.43 bits per heavy atom. The van der Waals surface area contributed by atoms with E-state index < -0.39 is 18.2 Å². The molecule has 134 valence electrons. The quantitative estimate of drug-likeness (QED) is 0.479. The summed E-state index contributed by atoms with van der Waals surface area (Å²) < 4.78 is 0. The van der Waals surface area contributed by atoms with Crippen LogP contribution in [0.25, 0.3) is 0 Å². The molecule has 0 heterocycles.